The number of fused-ring (bicyclic) bond motifs is 1. The number of hydrogen-bond donors (Lipinski definition) is 3. The van der Waals surface area contributed by atoms with E-state index in [9.17, 15) is 9.90 Å². The second-order valence-corrected chi connectivity index (χ2v) is 7.25. The smallest absolute Gasteiger partial charge is 0.228 e. The maximum Gasteiger partial charge on any atom is 0.228 e. The maximum atomic E-state index is 12.8. The summed E-state index contributed by atoms with van der Waals surface area (Å²) in [6.07, 6.45) is 2.61. The lowest BCUT2D eigenvalue weighted by Crippen LogP contribution is -2.14. The molecule has 1 aliphatic carbocycles. The van der Waals surface area contributed by atoms with Gasteiger partial charge in [0.25, 0.3) is 0 Å². The van der Waals surface area contributed by atoms with Crippen LogP contribution in [-0.2, 0) is 4.79 Å². The lowest BCUT2D eigenvalue weighted by atomic mass is 10.0. The monoisotopic (exact) mass is 369 g/mol. The Bertz CT molecular complexity index is 1150. The van der Waals surface area contributed by atoms with Crippen molar-refractivity contribution in [1.82, 2.24) is 10.2 Å². The molecule has 5 rings (SSSR count). The number of carbonyl (C=O) groups excluding carboxylic acids is 1. The van der Waals surface area contributed by atoms with Crippen LogP contribution in [0, 0.1) is 5.92 Å². The molecule has 1 heterocycles. The van der Waals surface area contributed by atoms with Crippen molar-refractivity contribution in [3.05, 3.63) is 78.5 Å². The first-order valence-corrected chi connectivity index (χ1v) is 9.31. The van der Waals surface area contributed by atoms with Gasteiger partial charge in [-0.05, 0) is 53.3 Å². The van der Waals surface area contributed by atoms with Crippen molar-refractivity contribution in [1.29, 1.82) is 0 Å². The van der Waals surface area contributed by atoms with Gasteiger partial charge < -0.3 is 10.4 Å². The molecule has 0 spiro atoms. The van der Waals surface area contributed by atoms with Gasteiger partial charge in [0, 0.05) is 11.3 Å². The second-order valence-electron chi connectivity index (χ2n) is 7.25. The van der Waals surface area contributed by atoms with Crippen molar-refractivity contribution in [2.75, 3.05) is 5.32 Å². The molecular formula is C23H19N3O2. The van der Waals surface area contributed by atoms with Gasteiger partial charge in [0.05, 0.1) is 17.4 Å². The Hall–Kier alpha value is -3.60. The highest BCUT2D eigenvalue weighted by Crippen LogP contribution is 2.48. The van der Waals surface area contributed by atoms with Crippen molar-refractivity contribution in [3.8, 4) is 16.9 Å². The number of amides is 1. The third-order valence-electron chi connectivity index (χ3n) is 5.37. The zero-order chi connectivity index (χ0) is 19.1. The summed E-state index contributed by atoms with van der Waals surface area (Å²) in [5.41, 5.74) is 4.73. The predicted molar refractivity (Wildman–Crippen MR) is 109 cm³/mol. The maximum absolute atomic E-state index is 12.8. The number of benzene rings is 3. The largest absolute Gasteiger partial charge is 0.508 e. The number of hydrogen-bond acceptors (Lipinski definition) is 3. The number of phenolic OH excluding ortho intramolecular Hbond substituents is 1. The Morgan fingerprint density at radius 1 is 1.04 bits per heavy atom. The molecule has 1 amide bonds. The van der Waals surface area contributed by atoms with Crippen LogP contribution in [-0.4, -0.2) is 21.2 Å². The molecule has 3 N–H and O–H groups in total. The number of aromatic hydroxyl groups is 1. The van der Waals surface area contributed by atoms with Gasteiger partial charge in [-0.1, -0.05) is 42.5 Å². The van der Waals surface area contributed by atoms with Crippen LogP contribution in [0.5, 0.6) is 5.75 Å². The molecule has 1 saturated carbocycles. The van der Waals surface area contributed by atoms with Crippen LogP contribution < -0.4 is 5.32 Å². The van der Waals surface area contributed by atoms with E-state index in [1.165, 1.54) is 5.56 Å². The van der Waals surface area contributed by atoms with Crippen LogP contribution in [0.4, 0.5) is 5.69 Å². The zero-order valence-electron chi connectivity index (χ0n) is 15.1. The fraction of sp³-hybridized carbons (Fsp3) is 0.130. The topological polar surface area (TPSA) is 78.0 Å². The number of aromatic nitrogens is 2. The fourth-order valence-electron chi connectivity index (χ4n) is 3.75. The molecule has 0 radical (unpaired) electrons. The van der Waals surface area contributed by atoms with E-state index in [-0.39, 0.29) is 17.6 Å². The van der Waals surface area contributed by atoms with Crippen molar-refractivity contribution in [2.45, 2.75) is 12.3 Å². The first-order valence-electron chi connectivity index (χ1n) is 9.31. The van der Waals surface area contributed by atoms with Gasteiger partial charge in [-0.2, -0.15) is 5.10 Å². The Morgan fingerprint density at radius 2 is 1.82 bits per heavy atom. The Kier molecular flexibility index (Phi) is 3.86. The lowest BCUT2D eigenvalue weighted by molar-refractivity contribution is -0.117. The molecule has 2 atom stereocenters. The number of nitrogens with zero attached hydrogens (tertiary/aromatic N) is 1. The van der Waals surface area contributed by atoms with Crippen molar-refractivity contribution in [2.24, 2.45) is 5.92 Å². The van der Waals surface area contributed by atoms with Gasteiger partial charge in [0.15, 0.2) is 0 Å². The SMILES string of the molecule is O=C(Nc1cc(-c2ccc(O)cc2)cc2[nH]ncc12)[C@H]1CC1c1ccccc1. The van der Waals surface area contributed by atoms with Gasteiger partial charge in [-0.15, -0.1) is 0 Å². The van der Waals surface area contributed by atoms with E-state index >= 15 is 0 Å². The summed E-state index contributed by atoms with van der Waals surface area (Å²) in [6.45, 7) is 0. The molecule has 138 valence electrons. The summed E-state index contributed by atoms with van der Waals surface area (Å²) in [6, 6.07) is 21.1. The van der Waals surface area contributed by atoms with Gasteiger partial charge in [0.2, 0.25) is 5.91 Å². The molecule has 0 bridgehead atoms. The molecule has 1 aliphatic rings. The van der Waals surface area contributed by atoms with Gasteiger partial charge in [-0.3, -0.25) is 9.89 Å². The molecule has 5 nitrogen and oxygen atoms in total. The average molecular weight is 369 g/mol. The zero-order valence-corrected chi connectivity index (χ0v) is 15.1. The van der Waals surface area contributed by atoms with Crippen molar-refractivity contribution >= 4 is 22.5 Å². The third-order valence-corrected chi connectivity index (χ3v) is 5.37. The molecule has 1 unspecified atom stereocenters. The second kappa shape index (κ2) is 6.53. The molecular weight excluding hydrogens is 350 g/mol. The third kappa shape index (κ3) is 3.01. The summed E-state index contributed by atoms with van der Waals surface area (Å²) in [5.74, 6) is 0.558. The normalized spacial score (nSPS) is 18.1. The highest BCUT2D eigenvalue weighted by molar-refractivity contribution is 6.04. The van der Waals surface area contributed by atoms with Gasteiger partial charge in [-0.25, -0.2) is 0 Å². The standard InChI is InChI=1S/C23H19N3O2/c27-17-8-6-14(7-9-17)16-10-21(20-13-24-26-22(20)11-16)25-23(28)19-12-18(19)15-4-2-1-3-5-15/h1-11,13,18-19,27H,12H2,(H,24,26)(H,25,28)/t18?,19-/m0/s1. The molecule has 28 heavy (non-hydrogen) atoms. The predicted octanol–water partition coefficient (Wildman–Crippen LogP) is 4.68. The Morgan fingerprint density at radius 3 is 2.61 bits per heavy atom. The van der Waals surface area contributed by atoms with Crippen LogP contribution in [0.1, 0.15) is 17.9 Å². The summed E-state index contributed by atoms with van der Waals surface area (Å²) in [5, 5.41) is 20.6. The molecule has 0 aliphatic heterocycles. The number of anilines is 1. The summed E-state index contributed by atoms with van der Waals surface area (Å²) < 4.78 is 0. The number of carbonyl (C=O) groups is 1. The molecule has 3 aromatic carbocycles. The van der Waals surface area contributed by atoms with Crippen LogP contribution in [0.25, 0.3) is 22.0 Å². The van der Waals surface area contributed by atoms with Crippen LogP contribution in [0.15, 0.2) is 72.9 Å². The van der Waals surface area contributed by atoms with Gasteiger partial charge >= 0.3 is 0 Å². The van der Waals surface area contributed by atoms with Crippen LogP contribution >= 0.6 is 0 Å². The number of rotatable bonds is 4. The van der Waals surface area contributed by atoms with E-state index in [1.807, 2.05) is 42.5 Å². The van der Waals surface area contributed by atoms with E-state index in [0.29, 0.717) is 5.92 Å². The highest BCUT2D eigenvalue weighted by Gasteiger charge is 2.43. The minimum atomic E-state index is 0.00156. The number of aromatic amines is 1. The quantitative estimate of drug-likeness (QED) is 0.489. The van der Waals surface area contributed by atoms with E-state index in [2.05, 4.69) is 27.6 Å². The summed E-state index contributed by atoms with van der Waals surface area (Å²) in [7, 11) is 0. The highest BCUT2D eigenvalue weighted by atomic mass is 16.3. The van der Waals surface area contributed by atoms with Crippen molar-refractivity contribution in [3.63, 3.8) is 0 Å². The van der Waals surface area contributed by atoms with Crippen LogP contribution in [0.3, 0.4) is 0 Å². The summed E-state index contributed by atoms with van der Waals surface area (Å²) in [4.78, 5) is 12.8. The molecule has 1 fully saturated rings. The Balaban J connectivity index is 1.43. The number of nitrogens with one attached hydrogen (secondary N) is 2. The lowest BCUT2D eigenvalue weighted by Gasteiger charge is -2.10. The minimum Gasteiger partial charge on any atom is -0.508 e. The molecule has 0 saturated heterocycles. The van der Waals surface area contributed by atoms with Crippen LogP contribution in [0.2, 0.25) is 0 Å². The Labute approximate surface area is 162 Å². The molecule has 5 heteroatoms. The summed E-state index contributed by atoms with van der Waals surface area (Å²) >= 11 is 0. The van der Waals surface area contributed by atoms with Gasteiger partial charge in [0.1, 0.15) is 5.75 Å². The first-order chi connectivity index (χ1) is 13.7. The number of phenols is 1. The molecule has 1 aromatic heterocycles. The van der Waals surface area contributed by atoms with E-state index in [1.54, 1.807) is 18.3 Å². The number of H-pyrrole nitrogens is 1. The fourth-order valence-corrected chi connectivity index (χ4v) is 3.75. The van der Waals surface area contributed by atoms with E-state index in [4.69, 9.17) is 0 Å². The minimum absolute atomic E-state index is 0.00156. The van der Waals surface area contributed by atoms with E-state index < -0.39 is 0 Å². The first kappa shape index (κ1) is 16.6. The molecule has 4 aromatic rings. The van der Waals surface area contributed by atoms with E-state index in [0.717, 1.165) is 34.1 Å². The van der Waals surface area contributed by atoms with Crippen molar-refractivity contribution < 1.29 is 9.90 Å². The average Bonchev–Trinajstić information content (AvgIpc) is 3.39.